The van der Waals surface area contributed by atoms with Crippen molar-refractivity contribution in [1.29, 1.82) is 0 Å². The van der Waals surface area contributed by atoms with Crippen LogP contribution in [0.25, 0.3) is 0 Å². The summed E-state index contributed by atoms with van der Waals surface area (Å²) in [4.78, 5) is 0. The second-order valence-corrected chi connectivity index (χ2v) is 33.1. The van der Waals surface area contributed by atoms with E-state index in [2.05, 4.69) is 117 Å². The van der Waals surface area contributed by atoms with Crippen LogP contribution in [0.3, 0.4) is 0 Å². The van der Waals surface area contributed by atoms with Crippen molar-refractivity contribution in [2.24, 2.45) is 0 Å². The van der Waals surface area contributed by atoms with Gasteiger partial charge in [0.2, 0.25) is 8.32 Å². The Balaban J connectivity index is 1.98. The van der Waals surface area contributed by atoms with Crippen LogP contribution in [0.15, 0.2) is 0 Å². The molecule has 0 aliphatic carbocycles. The molecule has 1 spiro atoms. The van der Waals surface area contributed by atoms with Crippen molar-refractivity contribution in [3.05, 3.63) is 0 Å². The van der Waals surface area contributed by atoms with E-state index in [0.29, 0.717) is 36.3 Å². The molecule has 9 heteroatoms. The third-order valence-electron chi connectivity index (χ3n) is 11.1. The van der Waals surface area contributed by atoms with Gasteiger partial charge in [-0.25, -0.2) is 0 Å². The first-order valence-corrected chi connectivity index (χ1v) is 23.7. The maximum Gasteiger partial charge on any atom is 0.349 e. The van der Waals surface area contributed by atoms with Gasteiger partial charge in [-0.1, -0.05) is 104 Å². The highest BCUT2D eigenvalue weighted by Gasteiger charge is 2.66. The lowest BCUT2D eigenvalue weighted by Gasteiger charge is -2.59. The molecule has 42 heavy (non-hydrogen) atoms. The molecule has 0 saturated carbocycles. The van der Waals surface area contributed by atoms with Crippen molar-refractivity contribution in [3.63, 3.8) is 0 Å². The maximum atomic E-state index is 7.63. The predicted octanol–water partition coefficient (Wildman–Crippen LogP) is 9.69. The predicted molar refractivity (Wildman–Crippen MR) is 181 cm³/mol. The summed E-state index contributed by atoms with van der Waals surface area (Å²) in [6, 6.07) is 0. The average molecular weight is 645 g/mol. The molecule has 0 bridgehead atoms. The highest BCUT2D eigenvalue weighted by atomic mass is 28.4. The Morgan fingerprint density at radius 2 is 1.36 bits per heavy atom. The second kappa shape index (κ2) is 12.2. The van der Waals surface area contributed by atoms with E-state index in [0.717, 1.165) is 12.8 Å². The molecule has 6 nitrogen and oxygen atoms in total. The van der Waals surface area contributed by atoms with Crippen LogP contribution in [0.1, 0.15) is 123 Å². The summed E-state index contributed by atoms with van der Waals surface area (Å²) >= 11 is 0. The molecule has 3 aliphatic rings. The van der Waals surface area contributed by atoms with Crippen molar-refractivity contribution >= 4 is 25.2 Å². The van der Waals surface area contributed by atoms with Crippen molar-refractivity contribution in [2.75, 3.05) is 13.2 Å². The van der Waals surface area contributed by atoms with Crippen LogP contribution in [0.5, 0.6) is 0 Å². The fraction of sp³-hybridized carbons (Fsp3) is 1.00. The minimum atomic E-state index is -2.71. The molecule has 3 fully saturated rings. The molecule has 3 aliphatic heterocycles. The van der Waals surface area contributed by atoms with Gasteiger partial charge in [-0.15, -0.1) is 0 Å². The first kappa shape index (κ1) is 36.9. The third-order valence-corrected chi connectivity index (χ3v) is 26.8. The summed E-state index contributed by atoms with van der Waals surface area (Å²) in [6.45, 7) is 40.6. The Morgan fingerprint density at radius 3 is 1.81 bits per heavy atom. The quantitative estimate of drug-likeness (QED) is 0.245. The van der Waals surface area contributed by atoms with Crippen LogP contribution < -0.4 is 0 Å². The minimum Gasteiger partial charge on any atom is -0.414 e. The van der Waals surface area contributed by atoms with Gasteiger partial charge in [-0.3, -0.25) is 0 Å². The van der Waals surface area contributed by atoms with Gasteiger partial charge in [0.25, 0.3) is 0 Å². The van der Waals surface area contributed by atoms with E-state index in [-0.39, 0.29) is 39.5 Å². The number of hydrogen-bond acceptors (Lipinski definition) is 6. The van der Waals surface area contributed by atoms with Crippen molar-refractivity contribution < 1.29 is 27.2 Å². The van der Waals surface area contributed by atoms with Gasteiger partial charge in [0.1, 0.15) is 12.2 Å². The van der Waals surface area contributed by atoms with Crippen molar-refractivity contribution in [2.45, 2.75) is 198 Å². The molecule has 3 rings (SSSR count). The first-order valence-electron chi connectivity index (χ1n) is 16.8. The highest BCUT2D eigenvalue weighted by molar-refractivity contribution is 6.77. The largest absolute Gasteiger partial charge is 0.414 e. The normalized spacial score (nSPS) is 31.4. The van der Waals surface area contributed by atoms with E-state index in [4.69, 9.17) is 27.2 Å². The number of fused-ring (bicyclic) bond motifs is 1. The zero-order valence-corrected chi connectivity index (χ0v) is 33.5. The third kappa shape index (κ3) is 6.75. The summed E-state index contributed by atoms with van der Waals surface area (Å²) in [7, 11) is -6.79. The van der Waals surface area contributed by atoms with Crippen LogP contribution in [-0.4, -0.2) is 68.6 Å². The number of ether oxygens (including phenoxy) is 2. The topological polar surface area (TPSA) is 55.4 Å². The Kier molecular flexibility index (Phi) is 10.7. The lowest BCUT2D eigenvalue weighted by atomic mass is 9.94. The molecule has 5 atom stereocenters. The van der Waals surface area contributed by atoms with Crippen LogP contribution in [-0.2, 0) is 27.2 Å². The minimum absolute atomic E-state index is 0.0293. The SMILES string of the molecule is CC(C)[Si](O[C@@H]1C[C@@]2(CC[C@H](CO[Si](C)(C)C(C)(C)C)O2)O[C@@H]2CO[Si](C(C)(C)C)(C(C)(C)C)O[C@H]21)(C(C)C)C(C)C. The van der Waals surface area contributed by atoms with Crippen molar-refractivity contribution in [1.82, 2.24) is 0 Å². The Morgan fingerprint density at radius 1 is 0.833 bits per heavy atom. The molecule has 0 radical (unpaired) electrons. The van der Waals surface area contributed by atoms with E-state index in [1.54, 1.807) is 0 Å². The van der Waals surface area contributed by atoms with Gasteiger partial charge in [0, 0.05) is 22.9 Å². The summed E-state index contributed by atoms with van der Waals surface area (Å²) in [5.74, 6) is -0.684. The maximum absolute atomic E-state index is 7.63. The Bertz CT molecular complexity index is 880. The summed E-state index contributed by atoms with van der Waals surface area (Å²) in [5.41, 5.74) is 1.45. The van der Waals surface area contributed by atoms with Gasteiger partial charge < -0.3 is 27.2 Å². The van der Waals surface area contributed by atoms with E-state index in [1.807, 2.05) is 0 Å². The highest BCUT2D eigenvalue weighted by Crippen LogP contribution is 2.57. The van der Waals surface area contributed by atoms with Crippen LogP contribution >= 0.6 is 0 Å². The van der Waals surface area contributed by atoms with E-state index >= 15 is 0 Å². The van der Waals surface area contributed by atoms with Crippen molar-refractivity contribution in [3.8, 4) is 0 Å². The Labute approximate surface area is 263 Å². The molecule has 0 N–H and O–H groups in total. The van der Waals surface area contributed by atoms with Crippen LogP contribution in [0.4, 0.5) is 0 Å². The standard InChI is InChI=1S/C33H68O6Si3/c1-23(2)41(24(3)4,25(5)6)38-27-20-33(19-18-26(36-33)21-34-40(16,17)30(7,8)9)37-28-22-35-42(31(10,11)12,32(13,14)15)39-29(27)28/h23-29H,18-22H2,1-17H3/t26-,27-,28-,29+,33-/m1/s1. The molecule has 0 aromatic heterocycles. The molecular formula is C33H68O6Si3. The number of hydrogen-bond donors (Lipinski definition) is 0. The zero-order chi connectivity index (χ0) is 32.3. The summed E-state index contributed by atoms with van der Waals surface area (Å²) < 4.78 is 42.4. The molecule has 0 amide bonds. The molecule has 0 aromatic carbocycles. The lowest BCUT2D eigenvalue weighted by molar-refractivity contribution is -0.321. The summed E-state index contributed by atoms with van der Waals surface area (Å²) in [5, 5.41) is -0.0359. The molecule has 3 heterocycles. The van der Waals surface area contributed by atoms with Gasteiger partial charge in [-0.05, 0) is 41.2 Å². The van der Waals surface area contributed by atoms with Crippen LogP contribution in [0, 0.1) is 0 Å². The first-order chi connectivity index (χ1) is 18.8. The zero-order valence-electron chi connectivity index (χ0n) is 30.5. The van der Waals surface area contributed by atoms with Gasteiger partial charge in [0.05, 0.1) is 25.4 Å². The van der Waals surface area contributed by atoms with E-state index in [1.165, 1.54) is 0 Å². The summed E-state index contributed by atoms with van der Waals surface area (Å²) in [6.07, 6.45) is 2.04. The number of rotatable bonds is 8. The van der Waals surface area contributed by atoms with Gasteiger partial charge in [0.15, 0.2) is 14.1 Å². The molecule has 248 valence electrons. The monoisotopic (exact) mass is 644 g/mol. The van der Waals surface area contributed by atoms with E-state index in [9.17, 15) is 0 Å². The Hall–Kier alpha value is 0.411. The second-order valence-electron chi connectivity index (χ2n) is 18.1. The average Bonchev–Trinajstić information content (AvgIpc) is 3.19. The molecule has 0 unspecified atom stereocenters. The molecule has 3 saturated heterocycles. The van der Waals surface area contributed by atoms with Gasteiger partial charge >= 0.3 is 8.56 Å². The fourth-order valence-corrected chi connectivity index (χ4v) is 19.7. The molecular weight excluding hydrogens is 577 g/mol. The van der Waals surface area contributed by atoms with E-state index < -0.39 is 31.0 Å². The fourth-order valence-electron chi connectivity index (χ4n) is 8.12. The lowest BCUT2D eigenvalue weighted by Crippen LogP contribution is -2.71. The van der Waals surface area contributed by atoms with Crippen LogP contribution in [0.2, 0.25) is 44.8 Å². The van der Waals surface area contributed by atoms with Gasteiger partial charge in [-0.2, -0.15) is 0 Å². The smallest absolute Gasteiger partial charge is 0.349 e. The molecule has 0 aromatic rings.